The van der Waals surface area contributed by atoms with E-state index in [0.717, 1.165) is 32.8 Å². The largest absolute Gasteiger partial charge is 0.325 e. The number of hydrogen-bond acceptors (Lipinski definition) is 4. The summed E-state index contributed by atoms with van der Waals surface area (Å²) in [6, 6.07) is 29.2. The number of carbonyl (C=O) groups is 1. The van der Waals surface area contributed by atoms with Gasteiger partial charge in [0.25, 0.3) is 10.0 Å². The molecular weight excluding hydrogens is 488 g/mol. The van der Waals surface area contributed by atoms with E-state index in [-0.39, 0.29) is 10.8 Å². The number of aryl methyl sites for hydroxylation is 2. The fraction of sp³-hybridized carbons (Fsp3) is 0.138. The Kier molecular flexibility index (Phi) is 7.82. The molecule has 0 bridgehead atoms. The molecule has 4 aromatic rings. The smallest absolute Gasteiger partial charge is 0.261 e. The monoisotopic (exact) mass is 516 g/mol. The van der Waals surface area contributed by atoms with Crippen LogP contribution >= 0.6 is 11.8 Å². The van der Waals surface area contributed by atoms with E-state index >= 15 is 0 Å². The molecule has 0 saturated heterocycles. The fourth-order valence-corrected chi connectivity index (χ4v) is 5.74. The Morgan fingerprint density at radius 1 is 0.778 bits per heavy atom. The summed E-state index contributed by atoms with van der Waals surface area (Å²) in [4.78, 5) is 14.4. The van der Waals surface area contributed by atoms with Gasteiger partial charge in [-0.1, -0.05) is 60.2 Å². The van der Waals surface area contributed by atoms with E-state index < -0.39 is 15.3 Å². The third-order valence-electron chi connectivity index (χ3n) is 5.89. The van der Waals surface area contributed by atoms with E-state index in [1.165, 1.54) is 11.8 Å². The highest BCUT2D eigenvalue weighted by Gasteiger charge is 2.23. The first-order chi connectivity index (χ1) is 17.2. The molecule has 0 aliphatic carbocycles. The quantitative estimate of drug-likeness (QED) is 0.250. The van der Waals surface area contributed by atoms with Gasteiger partial charge in [-0.2, -0.15) is 0 Å². The summed E-state index contributed by atoms with van der Waals surface area (Å²) in [7, 11) is -3.69. The van der Waals surface area contributed by atoms with Crippen molar-refractivity contribution in [2.45, 2.75) is 35.8 Å². The molecule has 0 aromatic heterocycles. The Morgan fingerprint density at radius 3 is 2.11 bits per heavy atom. The van der Waals surface area contributed by atoms with Crippen molar-refractivity contribution in [2.75, 3.05) is 10.0 Å². The summed E-state index contributed by atoms with van der Waals surface area (Å²) in [6.45, 7) is 5.92. The second-order valence-electron chi connectivity index (χ2n) is 8.59. The fourth-order valence-electron chi connectivity index (χ4n) is 3.65. The highest BCUT2D eigenvalue weighted by Crippen LogP contribution is 2.37. The van der Waals surface area contributed by atoms with E-state index in [0.29, 0.717) is 5.69 Å². The van der Waals surface area contributed by atoms with Crippen LogP contribution in [-0.4, -0.2) is 14.3 Å². The molecule has 0 heterocycles. The Morgan fingerprint density at radius 2 is 1.44 bits per heavy atom. The van der Waals surface area contributed by atoms with Crippen LogP contribution in [0, 0.1) is 20.8 Å². The van der Waals surface area contributed by atoms with Crippen molar-refractivity contribution in [1.29, 1.82) is 0 Å². The van der Waals surface area contributed by atoms with Crippen LogP contribution in [-0.2, 0) is 14.8 Å². The summed E-state index contributed by atoms with van der Waals surface area (Å²) in [5, 5.41) is 2.60. The van der Waals surface area contributed by atoms with Crippen LogP contribution in [0.25, 0.3) is 0 Å². The number of hydrogen-bond donors (Lipinski definition) is 2. The molecule has 0 spiro atoms. The Labute approximate surface area is 217 Å². The van der Waals surface area contributed by atoms with E-state index in [4.69, 9.17) is 0 Å². The molecule has 1 atom stereocenters. The molecule has 0 aliphatic heterocycles. The van der Waals surface area contributed by atoms with Crippen molar-refractivity contribution in [2.24, 2.45) is 0 Å². The van der Waals surface area contributed by atoms with Crippen LogP contribution in [0.5, 0.6) is 0 Å². The predicted octanol–water partition coefficient (Wildman–Crippen LogP) is 6.88. The van der Waals surface area contributed by atoms with E-state index in [1.807, 2.05) is 81.4 Å². The Balaban J connectivity index is 1.53. The number of nitrogens with one attached hydrogen (secondary N) is 2. The van der Waals surface area contributed by atoms with Gasteiger partial charge in [0, 0.05) is 16.3 Å². The topological polar surface area (TPSA) is 75.3 Å². The normalized spacial score (nSPS) is 12.1. The first kappa shape index (κ1) is 25.5. The van der Waals surface area contributed by atoms with Gasteiger partial charge in [-0.15, -0.1) is 11.8 Å². The number of benzene rings is 4. The van der Waals surface area contributed by atoms with Crippen LogP contribution < -0.4 is 10.0 Å². The van der Waals surface area contributed by atoms with Crippen LogP contribution in [0.4, 0.5) is 11.4 Å². The number of anilines is 2. The number of rotatable bonds is 8. The third-order valence-corrected chi connectivity index (χ3v) is 8.56. The molecule has 1 unspecified atom stereocenters. The van der Waals surface area contributed by atoms with Crippen molar-refractivity contribution in [3.63, 3.8) is 0 Å². The molecule has 4 aromatic carbocycles. The van der Waals surface area contributed by atoms with Crippen molar-refractivity contribution in [3.8, 4) is 0 Å². The summed E-state index contributed by atoms with van der Waals surface area (Å²) >= 11 is 1.41. The Hall–Kier alpha value is -3.55. The van der Waals surface area contributed by atoms with Crippen molar-refractivity contribution < 1.29 is 13.2 Å². The molecule has 7 heteroatoms. The van der Waals surface area contributed by atoms with Crippen molar-refractivity contribution in [3.05, 3.63) is 119 Å². The number of thioether (sulfide) groups is 1. The highest BCUT2D eigenvalue weighted by molar-refractivity contribution is 8.00. The lowest BCUT2D eigenvalue weighted by atomic mass is 10.1. The van der Waals surface area contributed by atoms with Crippen molar-refractivity contribution >= 4 is 39.1 Å². The predicted molar refractivity (Wildman–Crippen MR) is 148 cm³/mol. The standard InChI is InChI=1S/C29H28N2O3S2/c1-20-12-18-26(19-13-20)36(33,34)31-24-14-16-25(17-15-24)35-28(23-9-5-4-6-10-23)29(32)30-27-11-7-8-21(2)22(27)3/h4-19,28,31H,1-3H3,(H,30,32). The lowest BCUT2D eigenvalue weighted by Crippen LogP contribution is -2.19. The zero-order valence-electron chi connectivity index (χ0n) is 20.4. The third kappa shape index (κ3) is 6.17. The first-order valence-electron chi connectivity index (χ1n) is 11.5. The van der Waals surface area contributed by atoms with Gasteiger partial charge in [0.1, 0.15) is 5.25 Å². The minimum atomic E-state index is -3.69. The highest BCUT2D eigenvalue weighted by atomic mass is 32.2. The first-order valence-corrected chi connectivity index (χ1v) is 13.9. The molecule has 4 rings (SSSR count). The number of sulfonamides is 1. The molecule has 5 nitrogen and oxygen atoms in total. The molecule has 2 N–H and O–H groups in total. The minimum Gasteiger partial charge on any atom is -0.325 e. The zero-order valence-corrected chi connectivity index (χ0v) is 22.0. The maximum Gasteiger partial charge on any atom is 0.261 e. The number of carbonyl (C=O) groups excluding carboxylic acids is 1. The molecule has 0 fully saturated rings. The van der Waals surface area contributed by atoms with Gasteiger partial charge in [0.15, 0.2) is 0 Å². The van der Waals surface area contributed by atoms with E-state index in [1.54, 1.807) is 36.4 Å². The molecule has 184 valence electrons. The molecule has 0 aliphatic rings. The van der Waals surface area contributed by atoms with E-state index in [2.05, 4.69) is 10.0 Å². The average Bonchev–Trinajstić information content (AvgIpc) is 2.87. The summed E-state index contributed by atoms with van der Waals surface area (Å²) < 4.78 is 28.0. The summed E-state index contributed by atoms with van der Waals surface area (Å²) in [6.07, 6.45) is 0. The maximum absolute atomic E-state index is 13.4. The van der Waals surface area contributed by atoms with Gasteiger partial charge in [-0.3, -0.25) is 9.52 Å². The molecule has 36 heavy (non-hydrogen) atoms. The lowest BCUT2D eigenvalue weighted by Gasteiger charge is -2.19. The van der Waals surface area contributed by atoms with Crippen LogP contribution in [0.2, 0.25) is 0 Å². The lowest BCUT2D eigenvalue weighted by molar-refractivity contribution is -0.115. The second kappa shape index (κ2) is 11.0. The van der Waals surface area contributed by atoms with Gasteiger partial charge < -0.3 is 5.32 Å². The van der Waals surface area contributed by atoms with E-state index in [9.17, 15) is 13.2 Å². The maximum atomic E-state index is 13.4. The minimum absolute atomic E-state index is 0.121. The van der Waals surface area contributed by atoms with Gasteiger partial charge in [-0.05, 0) is 79.9 Å². The van der Waals surface area contributed by atoms with Crippen LogP contribution in [0.15, 0.2) is 107 Å². The van der Waals surface area contributed by atoms with Crippen LogP contribution in [0.1, 0.15) is 27.5 Å². The molecular formula is C29H28N2O3S2. The Bertz CT molecular complexity index is 1450. The average molecular weight is 517 g/mol. The van der Waals surface area contributed by atoms with Crippen LogP contribution in [0.3, 0.4) is 0 Å². The number of amides is 1. The summed E-state index contributed by atoms with van der Waals surface area (Å²) in [5.74, 6) is -0.121. The van der Waals surface area contributed by atoms with Gasteiger partial charge in [0.05, 0.1) is 4.90 Å². The summed E-state index contributed by atoms with van der Waals surface area (Å²) in [5.41, 5.74) is 5.27. The molecule has 0 radical (unpaired) electrons. The molecule has 0 saturated carbocycles. The van der Waals surface area contributed by atoms with Gasteiger partial charge >= 0.3 is 0 Å². The van der Waals surface area contributed by atoms with Crippen molar-refractivity contribution in [1.82, 2.24) is 0 Å². The zero-order chi connectivity index (χ0) is 25.7. The SMILES string of the molecule is Cc1ccc(S(=O)(=O)Nc2ccc(SC(C(=O)Nc3cccc(C)c3C)c3ccccc3)cc2)cc1. The second-order valence-corrected chi connectivity index (χ2v) is 11.4. The van der Waals surface area contributed by atoms with Gasteiger partial charge in [0.2, 0.25) is 5.91 Å². The molecule has 1 amide bonds. The van der Waals surface area contributed by atoms with Gasteiger partial charge in [-0.25, -0.2) is 8.42 Å².